The van der Waals surface area contributed by atoms with Crippen LogP contribution in [0.3, 0.4) is 0 Å². The molecule has 0 amide bonds. The topological polar surface area (TPSA) is 12.0 Å². The summed E-state index contributed by atoms with van der Waals surface area (Å²) in [4.78, 5) is 0. The van der Waals surface area contributed by atoms with Crippen molar-refractivity contribution in [3.63, 3.8) is 0 Å². The summed E-state index contributed by atoms with van der Waals surface area (Å²) in [6.45, 7) is 9.93. The molecular weight excluding hydrogens is 274 g/mol. The van der Waals surface area contributed by atoms with Gasteiger partial charge in [0, 0.05) is 17.9 Å². The SMILES string of the molecule is CC(CCBr)NCc1ccc(C(C)(C)C)cc1. The molecule has 0 aliphatic carbocycles. The second-order valence-electron chi connectivity index (χ2n) is 5.71. The van der Waals surface area contributed by atoms with Crippen molar-refractivity contribution in [1.82, 2.24) is 5.32 Å². The third kappa shape index (κ3) is 5.22. The Labute approximate surface area is 114 Å². The lowest BCUT2D eigenvalue weighted by molar-refractivity contribution is 0.538. The van der Waals surface area contributed by atoms with Crippen LogP contribution in [-0.4, -0.2) is 11.4 Å². The summed E-state index contributed by atoms with van der Waals surface area (Å²) < 4.78 is 0. The van der Waals surface area contributed by atoms with Crippen LogP contribution >= 0.6 is 15.9 Å². The Morgan fingerprint density at radius 2 is 1.76 bits per heavy atom. The monoisotopic (exact) mass is 297 g/mol. The molecule has 0 radical (unpaired) electrons. The first kappa shape index (κ1) is 14.7. The molecule has 1 atom stereocenters. The number of halogens is 1. The summed E-state index contributed by atoms with van der Waals surface area (Å²) in [6, 6.07) is 9.51. The zero-order valence-corrected chi connectivity index (χ0v) is 13.0. The number of nitrogens with one attached hydrogen (secondary N) is 1. The molecule has 1 N–H and O–H groups in total. The van der Waals surface area contributed by atoms with E-state index in [-0.39, 0.29) is 5.41 Å². The number of hydrogen-bond donors (Lipinski definition) is 1. The second kappa shape index (κ2) is 6.55. The first-order chi connectivity index (χ1) is 7.93. The molecule has 17 heavy (non-hydrogen) atoms. The summed E-state index contributed by atoms with van der Waals surface area (Å²) in [5, 5.41) is 4.59. The van der Waals surface area contributed by atoms with Crippen molar-refractivity contribution in [2.75, 3.05) is 5.33 Å². The minimum atomic E-state index is 0.245. The smallest absolute Gasteiger partial charge is 0.0207 e. The Morgan fingerprint density at radius 3 is 2.24 bits per heavy atom. The summed E-state index contributed by atoms with van der Waals surface area (Å²) in [6.07, 6.45) is 1.17. The standard InChI is InChI=1S/C15H24BrN/c1-12(9-10-16)17-11-13-5-7-14(8-6-13)15(2,3)4/h5-8,12,17H,9-11H2,1-4H3. The number of benzene rings is 1. The zero-order valence-electron chi connectivity index (χ0n) is 11.4. The summed E-state index contributed by atoms with van der Waals surface area (Å²) in [5.41, 5.74) is 3.00. The van der Waals surface area contributed by atoms with Gasteiger partial charge in [-0.05, 0) is 29.9 Å². The minimum absolute atomic E-state index is 0.245. The van der Waals surface area contributed by atoms with E-state index in [1.165, 1.54) is 17.5 Å². The summed E-state index contributed by atoms with van der Waals surface area (Å²) in [5.74, 6) is 0. The van der Waals surface area contributed by atoms with Crippen molar-refractivity contribution in [3.8, 4) is 0 Å². The number of alkyl halides is 1. The van der Waals surface area contributed by atoms with Gasteiger partial charge in [0.1, 0.15) is 0 Å². The molecule has 1 unspecified atom stereocenters. The van der Waals surface area contributed by atoms with E-state index in [0.717, 1.165) is 11.9 Å². The van der Waals surface area contributed by atoms with E-state index in [0.29, 0.717) is 6.04 Å². The largest absolute Gasteiger partial charge is 0.310 e. The van der Waals surface area contributed by atoms with Crippen molar-refractivity contribution >= 4 is 15.9 Å². The van der Waals surface area contributed by atoms with Gasteiger partial charge in [-0.25, -0.2) is 0 Å². The molecule has 0 bridgehead atoms. The lowest BCUT2D eigenvalue weighted by atomic mass is 9.87. The maximum Gasteiger partial charge on any atom is 0.0207 e. The normalized spacial score (nSPS) is 13.7. The molecular formula is C15H24BrN. The van der Waals surface area contributed by atoms with Crippen LogP contribution in [0.1, 0.15) is 45.2 Å². The average molecular weight is 298 g/mol. The molecule has 1 nitrogen and oxygen atoms in total. The molecule has 0 spiro atoms. The van der Waals surface area contributed by atoms with E-state index in [9.17, 15) is 0 Å². The van der Waals surface area contributed by atoms with Gasteiger partial charge in [-0.3, -0.25) is 0 Å². The predicted molar refractivity (Wildman–Crippen MR) is 79.9 cm³/mol. The van der Waals surface area contributed by atoms with Gasteiger partial charge < -0.3 is 5.32 Å². The molecule has 2 heteroatoms. The fourth-order valence-corrected chi connectivity index (χ4v) is 2.37. The maximum absolute atomic E-state index is 3.53. The third-order valence-electron chi connectivity index (χ3n) is 3.02. The van der Waals surface area contributed by atoms with E-state index >= 15 is 0 Å². The van der Waals surface area contributed by atoms with Gasteiger partial charge in [0.25, 0.3) is 0 Å². The van der Waals surface area contributed by atoms with Crippen LogP contribution in [0.4, 0.5) is 0 Å². The Bertz CT molecular complexity index is 324. The molecule has 96 valence electrons. The van der Waals surface area contributed by atoms with Gasteiger partial charge in [-0.1, -0.05) is 61.0 Å². The fraction of sp³-hybridized carbons (Fsp3) is 0.600. The molecule has 0 aliphatic heterocycles. The molecule has 1 rings (SSSR count). The van der Waals surface area contributed by atoms with E-state index < -0.39 is 0 Å². The maximum atomic E-state index is 3.53. The zero-order chi connectivity index (χ0) is 12.9. The lowest BCUT2D eigenvalue weighted by Gasteiger charge is -2.19. The minimum Gasteiger partial charge on any atom is -0.310 e. The van der Waals surface area contributed by atoms with E-state index in [1.54, 1.807) is 0 Å². The van der Waals surface area contributed by atoms with Crippen molar-refractivity contribution in [1.29, 1.82) is 0 Å². The van der Waals surface area contributed by atoms with Crippen molar-refractivity contribution in [3.05, 3.63) is 35.4 Å². The summed E-state index contributed by atoms with van der Waals surface area (Å²) >= 11 is 3.47. The number of hydrogen-bond acceptors (Lipinski definition) is 1. The highest BCUT2D eigenvalue weighted by molar-refractivity contribution is 9.09. The van der Waals surface area contributed by atoms with E-state index in [2.05, 4.69) is 73.2 Å². The predicted octanol–water partition coefficient (Wildman–Crippen LogP) is 4.25. The Balaban J connectivity index is 2.51. The highest BCUT2D eigenvalue weighted by Gasteiger charge is 2.12. The van der Waals surface area contributed by atoms with Crippen LogP contribution in [0, 0.1) is 0 Å². The second-order valence-corrected chi connectivity index (χ2v) is 6.50. The highest BCUT2D eigenvalue weighted by Crippen LogP contribution is 2.22. The van der Waals surface area contributed by atoms with Gasteiger partial charge in [-0.2, -0.15) is 0 Å². The van der Waals surface area contributed by atoms with Crippen molar-refractivity contribution in [2.45, 2.75) is 52.1 Å². The summed E-state index contributed by atoms with van der Waals surface area (Å²) in [7, 11) is 0. The van der Waals surface area contributed by atoms with Gasteiger partial charge >= 0.3 is 0 Å². The van der Waals surface area contributed by atoms with Gasteiger partial charge in [-0.15, -0.1) is 0 Å². The van der Waals surface area contributed by atoms with Crippen molar-refractivity contribution < 1.29 is 0 Å². The fourth-order valence-electron chi connectivity index (χ4n) is 1.68. The number of rotatable bonds is 5. The first-order valence-electron chi connectivity index (χ1n) is 6.32. The van der Waals surface area contributed by atoms with Crippen LogP contribution in [0.25, 0.3) is 0 Å². The van der Waals surface area contributed by atoms with Crippen LogP contribution in [-0.2, 0) is 12.0 Å². The molecule has 0 aromatic heterocycles. The molecule has 1 aromatic rings. The molecule has 0 heterocycles. The van der Waals surface area contributed by atoms with Gasteiger partial charge in [0.05, 0.1) is 0 Å². The van der Waals surface area contributed by atoms with Gasteiger partial charge in [0.15, 0.2) is 0 Å². The van der Waals surface area contributed by atoms with Gasteiger partial charge in [0.2, 0.25) is 0 Å². The molecule has 0 aliphatic rings. The van der Waals surface area contributed by atoms with Crippen LogP contribution in [0.5, 0.6) is 0 Å². The lowest BCUT2D eigenvalue weighted by Crippen LogP contribution is -2.25. The van der Waals surface area contributed by atoms with Crippen LogP contribution in [0.2, 0.25) is 0 Å². The molecule has 0 saturated carbocycles. The average Bonchev–Trinajstić information content (AvgIpc) is 2.26. The Morgan fingerprint density at radius 1 is 1.18 bits per heavy atom. The van der Waals surface area contributed by atoms with Crippen molar-refractivity contribution in [2.24, 2.45) is 0 Å². The molecule has 1 aromatic carbocycles. The Hall–Kier alpha value is -0.340. The van der Waals surface area contributed by atoms with E-state index in [1.807, 2.05) is 0 Å². The molecule has 0 saturated heterocycles. The molecule has 0 fully saturated rings. The van der Waals surface area contributed by atoms with Crippen LogP contribution < -0.4 is 5.32 Å². The van der Waals surface area contributed by atoms with E-state index in [4.69, 9.17) is 0 Å². The quantitative estimate of drug-likeness (QED) is 0.801. The third-order valence-corrected chi connectivity index (χ3v) is 3.47. The first-order valence-corrected chi connectivity index (χ1v) is 7.44. The highest BCUT2D eigenvalue weighted by atomic mass is 79.9. The Kier molecular flexibility index (Phi) is 5.68. The van der Waals surface area contributed by atoms with Crippen LogP contribution in [0.15, 0.2) is 24.3 Å².